The van der Waals surface area contributed by atoms with E-state index in [-0.39, 0.29) is 12.1 Å². The first-order valence-electron chi connectivity index (χ1n) is 7.44. The highest BCUT2D eigenvalue weighted by molar-refractivity contribution is 7.89. The maximum absolute atomic E-state index is 12.5. The maximum atomic E-state index is 12.5. The number of hydrogen-bond donors (Lipinski definition) is 2. The van der Waals surface area contributed by atoms with Gasteiger partial charge in [0.25, 0.3) is 0 Å². The summed E-state index contributed by atoms with van der Waals surface area (Å²) in [5.74, 6) is 0. The first kappa shape index (κ1) is 15.0. The molecule has 2 aliphatic carbocycles. The molecule has 1 heterocycles. The van der Waals surface area contributed by atoms with Crippen molar-refractivity contribution in [3.05, 3.63) is 18.0 Å². The van der Waals surface area contributed by atoms with E-state index in [2.05, 4.69) is 14.6 Å². The number of methoxy groups -OCH3 is 1. The van der Waals surface area contributed by atoms with Crippen LogP contribution in [0.15, 0.2) is 17.2 Å². The molecule has 0 aromatic carbocycles. The Morgan fingerprint density at radius 2 is 2.10 bits per heavy atom. The molecule has 0 saturated heterocycles. The van der Waals surface area contributed by atoms with Gasteiger partial charge in [-0.25, -0.2) is 13.1 Å². The standard InChI is InChI=1S/C14H23N3O3S/c1-15-8-12-7-14(9-17(12)11-3-4-11)21(18,19)16-10-5-13(6-10)20-2/h7,9-11,13,15-16H,3-6,8H2,1-2H3. The van der Waals surface area contributed by atoms with Gasteiger partial charge in [-0.1, -0.05) is 0 Å². The van der Waals surface area contributed by atoms with E-state index < -0.39 is 10.0 Å². The number of hydrogen-bond acceptors (Lipinski definition) is 4. The van der Waals surface area contributed by atoms with Gasteiger partial charge in [-0.3, -0.25) is 0 Å². The smallest absolute Gasteiger partial charge is 0.242 e. The van der Waals surface area contributed by atoms with Gasteiger partial charge in [-0.05, 0) is 38.8 Å². The Morgan fingerprint density at radius 1 is 1.38 bits per heavy atom. The van der Waals surface area contributed by atoms with Crippen LogP contribution in [0.3, 0.4) is 0 Å². The number of nitrogens with zero attached hydrogens (tertiary/aromatic N) is 1. The number of rotatable bonds is 7. The third kappa shape index (κ3) is 3.15. The van der Waals surface area contributed by atoms with E-state index in [4.69, 9.17) is 4.74 Å². The summed E-state index contributed by atoms with van der Waals surface area (Å²) in [5.41, 5.74) is 1.03. The van der Waals surface area contributed by atoms with Gasteiger partial charge in [0.15, 0.2) is 0 Å². The number of ether oxygens (including phenoxy) is 1. The van der Waals surface area contributed by atoms with Crippen molar-refractivity contribution in [1.82, 2.24) is 14.6 Å². The van der Waals surface area contributed by atoms with Crippen molar-refractivity contribution in [2.24, 2.45) is 0 Å². The lowest BCUT2D eigenvalue weighted by Crippen LogP contribution is -2.47. The van der Waals surface area contributed by atoms with Crippen molar-refractivity contribution in [3.63, 3.8) is 0 Å². The summed E-state index contributed by atoms with van der Waals surface area (Å²) in [6, 6.07) is 2.25. The Labute approximate surface area is 125 Å². The van der Waals surface area contributed by atoms with Crippen LogP contribution in [0.5, 0.6) is 0 Å². The van der Waals surface area contributed by atoms with E-state index in [0.717, 1.165) is 31.4 Å². The van der Waals surface area contributed by atoms with E-state index >= 15 is 0 Å². The summed E-state index contributed by atoms with van der Waals surface area (Å²) < 4.78 is 35.0. The predicted octanol–water partition coefficient (Wildman–Crippen LogP) is 0.998. The lowest BCUT2D eigenvalue weighted by atomic mass is 9.90. The summed E-state index contributed by atoms with van der Waals surface area (Å²) in [5, 5.41) is 3.10. The van der Waals surface area contributed by atoms with Crippen LogP contribution in [0.4, 0.5) is 0 Å². The van der Waals surface area contributed by atoms with Gasteiger partial charge < -0.3 is 14.6 Å². The Hall–Kier alpha value is -0.890. The van der Waals surface area contributed by atoms with Crippen LogP contribution in [-0.2, 0) is 21.3 Å². The van der Waals surface area contributed by atoms with E-state index in [1.54, 1.807) is 19.4 Å². The molecule has 1 aromatic heterocycles. The normalized spacial score (nSPS) is 25.8. The molecule has 1 aromatic rings. The topological polar surface area (TPSA) is 72.4 Å². The van der Waals surface area contributed by atoms with E-state index in [0.29, 0.717) is 17.5 Å². The molecular weight excluding hydrogens is 290 g/mol. The van der Waals surface area contributed by atoms with Crippen LogP contribution in [-0.4, -0.2) is 39.3 Å². The fourth-order valence-electron chi connectivity index (χ4n) is 2.80. The van der Waals surface area contributed by atoms with Crippen LogP contribution in [0.1, 0.15) is 37.4 Å². The fourth-order valence-corrected chi connectivity index (χ4v) is 4.11. The average molecular weight is 313 g/mol. The quantitative estimate of drug-likeness (QED) is 0.788. The fraction of sp³-hybridized carbons (Fsp3) is 0.714. The number of sulfonamides is 1. The molecule has 118 valence electrons. The molecule has 0 unspecified atom stereocenters. The van der Waals surface area contributed by atoms with E-state index in [9.17, 15) is 8.42 Å². The molecule has 0 amide bonds. The SMILES string of the molecule is CNCc1cc(S(=O)(=O)NC2CC(OC)C2)cn1C1CC1. The second-order valence-corrected chi connectivity index (χ2v) is 7.70. The van der Waals surface area contributed by atoms with Crippen molar-refractivity contribution < 1.29 is 13.2 Å². The van der Waals surface area contributed by atoms with E-state index in [1.807, 2.05) is 7.05 Å². The molecule has 6 nitrogen and oxygen atoms in total. The molecule has 2 N–H and O–H groups in total. The summed E-state index contributed by atoms with van der Waals surface area (Å²) in [6.45, 7) is 0.682. The second kappa shape index (κ2) is 5.72. The van der Waals surface area contributed by atoms with Crippen LogP contribution in [0, 0.1) is 0 Å². The molecule has 0 spiro atoms. The summed E-state index contributed by atoms with van der Waals surface area (Å²) in [6.07, 6.45) is 5.74. The molecule has 2 aliphatic rings. The first-order chi connectivity index (χ1) is 10.0. The highest BCUT2D eigenvalue weighted by atomic mass is 32.2. The molecule has 7 heteroatoms. The zero-order chi connectivity index (χ0) is 15.0. The minimum absolute atomic E-state index is 0.00280. The predicted molar refractivity (Wildman–Crippen MR) is 79.6 cm³/mol. The average Bonchev–Trinajstić information content (AvgIpc) is 3.15. The molecule has 0 bridgehead atoms. The molecule has 2 saturated carbocycles. The maximum Gasteiger partial charge on any atom is 0.242 e. The lowest BCUT2D eigenvalue weighted by molar-refractivity contribution is 0.0236. The first-order valence-corrected chi connectivity index (χ1v) is 8.92. The third-order valence-corrected chi connectivity index (χ3v) is 5.75. The van der Waals surface area contributed by atoms with Gasteiger partial charge in [0.05, 0.1) is 11.0 Å². The summed E-state index contributed by atoms with van der Waals surface area (Å²) >= 11 is 0. The van der Waals surface area contributed by atoms with Gasteiger partial charge in [0, 0.05) is 37.6 Å². The minimum Gasteiger partial charge on any atom is -0.381 e. The van der Waals surface area contributed by atoms with Crippen LogP contribution in [0.25, 0.3) is 0 Å². The minimum atomic E-state index is -3.43. The monoisotopic (exact) mass is 313 g/mol. The van der Waals surface area contributed by atoms with Crippen LogP contribution >= 0.6 is 0 Å². The van der Waals surface area contributed by atoms with Crippen LogP contribution < -0.4 is 10.0 Å². The molecule has 0 atom stereocenters. The van der Waals surface area contributed by atoms with Gasteiger partial charge >= 0.3 is 0 Å². The lowest BCUT2D eigenvalue weighted by Gasteiger charge is -2.34. The molecule has 0 aliphatic heterocycles. The largest absolute Gasteiger partial charge is 0.381 e. The Kier molecular flexibility index (Phi) is 4.09. The Morgan fingerprint density at radius 3 is 2.67 bits per heavy atom. The van der Waals surface area contributed by atoms with Crippen LogP contribution in [0.2, 0.25) is 0 Å². The van der Waals surface area contributed by atoms with Crippen molar-refractivity contribution in [2.75, 3.05) is 14.2 Å². The second-order valence-electron chi connectivity index (χ2n) is 5.98. The van der Waals surface area contributed by atoms with Gasteiger partial charge in [-0.15, -0.1) is 0 Å². The highest BCUT2D eigenvalue weighted by Gasteiger charge is 2.34. The molecule has 2 fully saturated rings. The number of nitrogens with one attached hydrogen (secondary N) is 2. The van der Waals surface area contributed by atoms with Gasteiger partial charge in [0.1, 0.15) is 0 Å². The van der Waals surface area contributed by atoms with Crippen molar-refractivity contribution in [1.29, 1.82) is 0 Å². The zero-order valence-corrected chi connectivity index (χ0v) is 13.3. The van der Waals surface area contributed by atoms with Gasteiger partial charge in [-0.2, -0.15) is 0 Å². The van der Waals surface area contributed by atoms with Crippen molar-refractivity contribution in [3.8, 4) is 0 Å². The summed E-state index contributed by atoms with van der Waals surface area (Å²) in [4.78, 5) is 0.375. The molecule has 21 heavy (non-hydrogen) atoms. The van der Waals surface area contributed by atoms with Gasteiger partial charge in [0.2, 0.25) is 10.0 Å². The Bertz CT molecular complexity index is 601. The van der Waals surface area contributed by atoms with Crippen molar-refractivity contribution >= 4 is 10.0 Å². The molecule has 0 radical (unpaired) electrons. The number of aromatic nitrogens is 1. The summed E-state index contributed by atoms with van der Waals surface area (Å²) in [7, 11) is 0.101. The third-order valence-electron chi connectivity index (χ3n) is 4.27. The van der Waals surface area contributed by atoms with Crippen molar-refractivity contribution in [2.45, 2.75) is 55.3 Å². The molecular formula is C14H23N3O3S. The zero-order valence-electron chi connectivity index (χ0n) is 12.5. The highest BCUT2D eigenvalue weighted by Crippen LogP contribution is 2.37. The molecule has 3 rings (SSSR count). The van der Waals surface area contributed by atoms with E-state index in [1.165, 1.54) is 0 Å². The Balaban J connectivity index is 1.74.